The Morgan fingerprint density at radius 1 is 1.25 bits per heavy atom. The molecule has 2 heterocycles. The minimum Gasteiger partial charge on any atom is -0.339 e. The third kappa shape index (κ3) is 3.27. The summed E-state index contributed by atoms with van der Waals surface area (Å²) in [5.74, 6) is -0.522. The number of anilines is 1. The number of fused-ring (bicyclic) bond motifs is 1. The van der Waals surface area contributed by atoms with Crippen molar-refractivity contribution < 1.29 is 9.18 Å². The monoisotopic (exact) mass is 396 g/mol. The van der Waals surface area contributed by atoms with Crippen LogP contribution in [0.25, 0.3) is 10.9 Å². The van der Waals surface area contributed by atoms with Gasteiger partial charge in [-0.3, -0.25) is 9.48 Å². The molecule has 0 saturated heterocycles. The first-order valence-corrected chi connectivity index (χ1v) is 9.13. The van der Waals surface area contributed by atoms with E-state index in [0.717, 1.165) is 16.5 Å². The van der Waals surface area contributed by atoms with Gasteiger partial charge in [0, 0.05) is 34.7 Å². The standard InChI is InChI=1S/C21H18ClFN4O/c1-13-17-9-15(22)7-8-19(17)26(2)20(13)21(28)25-16-10-24-27(12-16)11-14-5-3-4-6-18(14)23/h3-10,12H,11H2,1-2H3,(H,25,28). The molecule has 1 N–H and O–H groups in total. The topological polar surface area (TPSA) is 51.9 Å². The van der Waals surface area contributed by atoms with Gasteiger partial charge in [-0.05, 0) is 36.8 Å². The highest BCUT2D eigenvalue weighted by Crippen LogP contribution is 2.28. The number of carbonyl (C=O) groups excluding carboxylic acids is 1. The molecule has 0 spiro atoms. The SMILES string of the molecule is Cc1c(C(=O)Nc2cnn(Cc3ccccc3F)c2)n(C)c2ccc(Cl)cc12. The van der Waals surface area contributed by atoms with E-state index in [4.69, 9.17) is 11.6 Å². The first-order valence-electron chi connectivity index (χ1n) is 8.76. The van der Waals surface area contributed by atoms with Gasteiger partial charge in [-0.1, -0.05) is 29.8 Å². The molecule has 28 heavy (non-hydrogen) atoms. The van der Waals surface area contributed by atoms with Gasteiger partial charge < -0.3 is 9.88 Å². The Hall–Kier alpha value is -3.12. The fraction of sp³-hybridized carbons (Fsp3) is 0.143. The molecule has 0 bridgehead atoms. The van der Waals surface area contributed by atoms with E-state index < -0.39 is 0 Å². The van der Waals surface area contributed by atoms with Gasteiger partial charge in [0.15, 0.2) is 0 Å². The zero-order valence-electron chi connectivity index (χ0n) is 15.4. The van der Waals surface area contributed by atoms with Crippen LogP contribution in [0.15, 0.2) is 54.9 Å². The van der Waals surface area contributed by atoms with Crippen molar-refractivity contribution in [2.24, 2.45) is 7.05 Å². The van der Waals surface area contributed by atoms with Crippen LogP contribution in [-0.2, 0) is 13.6 Å². The van der Waals surface area contributed by atoms with Crippen LogP contribution in [-0.4, -0.2) is 20.3 Å². The van der Waals surface area contributed by atoms with Crippen molar-refractivity contribution in [3.05, 3.63) is 82.5 Å². The minimum absolute atomic E-state index is 0.238. The van der Waals surface area contributed by atoms with Crippen LogP contribution in [0.4, 0.5) is 10.1 Å². The number of amides is 1. The number of hydrogen-bond donors (Lipinski definition) is 1. The average molecular weight is 397 g/mol. The summed E-state index contributed by atoms with van der Waals surface area (Å²) in [7, 11) is 1.85. The highest BCUT2D eigenvalue weighted by Gasteiger charge is 2.19. The lowest BCUT2D eigenvalue weighted by molar-refractivity contribution is 0.101. The molecule has 0 atom stereocenters. The van der Waals surface area contributed by atoms with Crippen molar-refractivity contribution >= 4 is 34.1 Å². The molecule has 4 aromatic rings. The smallest absolute Gasteiger partial charge is 0.272 e. The molecule has 2 aromatic carbocycles. The molecule has 0 fully saturated rings. The van der Waals surface area contributed by atoms with Crippen molar-refractivity contribution in [3.8, 4) is 0 Å². The van der Waals surface area contributed by atoms with Crippen LogP contribution in [0, 0.1) is 12.7 Å². The fourth-order valence-electron chi connectivity index (χ4n) is 3.43. The van der Waals surface area contributed by atoms with Gasteiger partial charge in [-0.25, -0.2) is 4.39 Å². The second-order valence-corrected chi connectivity index (χ2v) is 7.10. The van der Waals surface area contributed by atoms with Crippen molar-refractivity contribution in [3.63, 3.8) is 0 Å². The number of nitrogens with zero attached hydrogens (tertiary/aromatic N) is 3. The number of benzene rings is 2. The molecule has 142 valence electrons. The summed E-state index contributed by atoms with van der Waals surface area (Å²) < 4.78 is 17.2. The maximum atomic E-state index is 13.8. The summed E-state index contributed by atoms with van der Waals surface area (Å²) in [5, 5.41) is 8.64. The molecule has 4 rings (SSSR count). The predicted octanol–water partition coefficient (Wildman–Crippen LogP) is 4.78. The molecule has 2 aromatic heterocycles. The van der Waals surface area contributed by atoms with E-state index in [1.807, 2.05) is 30.7 Å². The zero-order valence-corrected chi connectivity index (χ0v) is 16.2. The molecule has 7 heteroatoms. The fourth-order valence-corrected chi connectivity index (χ4v) is 3.60. The lowest BCUT2D eigenvalue weighted by Crippen LogP contribution is -2.16. The van der Waals surface area contributed by atoms with Crippen LogP contribution in [0.1, 0.15) is 21.6 Å². The van der Waals surface area contributed by atoms with Gasteiger partial charge in [-0.2, -0.15) is 5.10 Å². The van der Waals surface area contributed by atoms with Crippen molar-refractivity contribution in [1.82, 2.24) is 14.3 Å². The van der Waals surface area contributed by atoms with E-state index >= 15 is 0 Å². The highest BCUT2D eigenvalue weighted by atomic mass is 35.5. The quantitative estimate of drug-likeness (QED) is 0.540. The molecule has 0 saturated carbocycles. The Labute approximate surface area is 166 Å². The van der Waals surface area contributed by atoms with Crippen molar-refractivity contribution in [1.29, 1.82) is 0 Å². The summed E-state index contributed by atoms with van der Waals surface area (Å²) in [6, 6.07) is 12.1. The van der Waals surface area contributed by atoms with Crippen LogP contribution in [0.2, 0.25) is 5.02 Å². The van der Waals surface area contributed by atoms with E-state index in [1.165, 1.54) is 6.07 Å². The third-order valence-electron chi connectivity index (χ3n) is 4.81. The number of aryl methyl sites for hydroxylation is 2. The summed E-state index contributed by atoms with van der Waals surface area (Å²) >= 11 is 6.09. The van der Waals surface area contributed by atoms with Gasteiger partial charge in [0.05, 0.1) is 18.4 Å². The van der Waals surface area contributed by atoms with Crippen LogP contribution in [0.3, 0.4) is 0 Å². The second kappa shape index (κ2) is 7.13. The van der Waals surface area contributed by atoms with E-state index in [0.29, 0.717) is 22.0 Å². The molecule has 0 aliphatic heterocycles. The summed E-state index contributed by atoms with van der Waals surface area (Å²) in [5.41, 5.74) is 3.42. The van der Waals surface area contributed by atoms with E-state index in [9.17, 15) is 9.18 Å². The number of aromatic nitrogens is 3. The molecule has 0 aliphatic rings. The molecular formula is C21H18ClFN4O. The van der Waals surface area contributed by atoms with Crippen LogP contribution >= 0.6 is 11.6 Å². The first-order chi connectivity index (χ1) is 13.4. The van der Waals surface area contributed by atoms with E-state index in [1.54, 1.807) is 41.3 Å². The Balaban J connectivity index is 1.57. The molecule has 5 nitrogen and oxygen atoms in total. The number of halogens is 2. The Morgan fingerprint density at radius 3 is 2.82 bits per heavy atom. The number of nitrogens with one attached hydrogen (secondary N) is 1. The number of rotatable bonds is 4. The molecule has 0 radical (unpaired) electrons. The maximum Gasteiger partial charge on any atom is 0.272 e. The number of hydrogen-bond acceptors (Lipinski definition) is 2. The largest absolute Gasteiger partial charge is 0.339 e. The van der Waals surface area contributed by atoms with Crippen molar-refractivity contribution in [2.45, 2.75) is 13.5 Å². The van der Waals surface area contributed by atoms with Gasteiger partial charge in [0.25, 0.3) is 5.91 Å². The van der Waals surface area contributed by atoms with Crippen LogP contribution < -0.4 is 5.32 Å². The molecule has 0 unspecified atom stereocenters. The van der Waals surface area contributed by atoms with Gasteiger partial charge in [0.1, 0.15) is 11.5 Å². The van der Waals surface area contributed by atoms with Gasteiger partial charge >= 0.3 is 0 Å². The summed E-state index contributed by atoms with van der Waals surface area (Å²) in [6.45, 7) is 2.18. The summed E-state index contributed by atoms with van der Waals surface area (Å²) in [4.78, 5) is 12.9. The normalized spacial score (nSPS) is 11.1. The lowest BCUT2D eigenvalue weighted by atomic mass is 10.1. The minimum atomic E-state index is -0.284. The van der Waals surface area contributed by atoms with Crippen LogP contribution in [0.5, 0.6) is 0 Å². The Morgan fingerprint density at radius 2 is 2.04 bits per heavy atom. The molecule has 1 amide bonds. The predicted molar refractivity (Wildman–Crippen MR) is 108 cm³/mol. The number of carbonyl (C=O) groups is 1. The Bertz CT molecular complexity index is 1190. The Kier molecular flexibility index (Phi) is 4.65. The first kappa shape index (κ1) is 18.3. The van der Waals surface area contributed by atoms with Gasteiger partial charge in [0.2, 0.25) is 0 Å². The van der Waals surface area contributed by atoms with Gasteiger partial charge in [-0.15, -0.1) is 0 Å². The van der Waals surface area contributed by atoms with E-state index in [2.05, 4.69) is 10.4 Å². The van der Waals surface area contributed by atoms with E-state index in [-0.39, 0.29) is 18.3 Å². The molecule has 0 aliphatic carbocycles. The lowest BCUT2D eigenvalue weighted by Gasteiger charge is -2.06. The van der Waals surface area contributed by atoms with Crippen molar-refractivity contribution in [2.75, 3.05) is 5.32 Å². The summed E-state index contributed by atoms with van der Waals surface area (Å²) in [6.07, 6.45) is 3.23. The third-order valence-corrected chi connectivity index (χ3v) is 5.05. The zero-order chi connectivity index (χ0) is 19.8. The second-order valence-electron chi connectivity index (χ2n) is 6.67. The maximum absolute atomic E-state index is 13.8. The highest BCUT2D eigenvalue weighted by molar-refractivity contribution is 6.31. The molecular weight excluding hydrogens is 379 g/mol. The average Bonchev–Trinajstić information content (AvgIpc) is 3.19.